The first-order chi connectivity index (χ1) is 11.8. The van der Waals surface area contributed by atoms with Crippen LogP contribution in [0.15, 0.2) is 55.0 Å². The van der Waals surface area contributed by atoms with Crippen LogP contribution in [0.1, 0.15) is 12.0 Å². The highest BCUT2D eigenvalue weighted by molar-refractivity contribution is 5.82. The molecule has 3 heterocycles. The number of fused-ring (bicyclic) bond motifs is 1. The van der Waals surface area contributed by atoms with Crippen LogP contribution in [-0.4, -0.2) is 21.5 Å². The zero-order chi connectivity index (χ0) is 16.4. The Bertz CT molecular complexity index is 849. The van der Waals surface area contributed by atoms with E-state index in [1.165, 1.54) is 11.9 Å². The van der Waals surface area contributed by atoms with E-state index < -0.39 is 0 Å². The molecule has 2 aromatic heterocycles. The Morgan fingerprint density at radius 1 is 1.00 bits per heavy atom. The van der Waals surface area contributed by atoms with Crippen LogP contribution < -0.4 is 16.0 Å². The number of aromatic nitrogens is 3. The monoisotopic (exact) mass is 318 g/mol. The summed E-state index contributed by atoms with van der Waals surface area (Å²) in [5.74, 6) is 2.00. The van der Waals surface area contributed by atoms with E-state index in [9.17, 15) is 0 Å². The van der Waals surface area contributed by atoms with Gasteiger partial charge in [-0.25, -0.2) is 15.0 Å². The molecule has 0 aliphatic carbocycles. The number of nitrogens with one attached hydrogen (secondary N) is 1. The van der Waals surface area contributed by atoms with E-state index in [0.717, 1.165) is 30.9 Å². The van der Waals surface area contributed by atoms with Crippen LogP contribution in [0.3, 0.4) is 0 Å². The third-order valence-corrected chi connectivity index (χ3v) is 4.14. The average molecular weight is 318 g/mol. The van der Waals surface area contributed by atoms with Crippen LogP contribution in [0.2, 0.25) is 0 Å². The minimum Gasteiger partial charge on any atom is -0.393 e. The van der Waals surface area contributed by atoms with Gasteiger partial charge in [0.15, 0.2) is 11.6 Å². The van der Waals surface area contributed by atoms with E-state index in [2.05, 4.69) is 43.4 Å². The maximum absolute atomic E-state index is 6.36. The lowest BCUT2D eigenvalue weighted by molar-refractivity contribution is 0.759. The fourth-order valence-electron chi connectivity index (χ4n) is 3.01. The smallest absolute Gasteiger partial charge is 0.161 e. The first-order valence-electron chi connectivity index (χ1n) is 7.97. The molecule has 0 saturated heterocycles. The number of anilines is 5. The highest BCUT2D eigenvalue weighted by Crippen LogP contribution is 2.37. The fraction of sp³-hybridized carbons (Fsp3) is 0.167. The number of aryl methyl sites for hydroxylation is 1. The molecule has 0 radical (unpaired) electrons. The van der Waals surface area contributed by atoms with Crippen LogP contribution in [0.4, 0.5) is 28.8 Å². The Labute approximate surface area is 140 Å². The number of nitrogens with zero attached hydrogens (tertiary/aromatic N) is 4. The number of benzene rings is 1. The van der Waals surface area contributed by atoms with Gasteiger partial charge in [-0.1, -0.05) is 24.3 Å². The Hall–Kier alpha value is -3.15. The first-order valence-corrected chi connectivity index (χ1v) is 7.97. The minimum atomic E-state index is 0.528. The molecule has 120 valence electrons. The third-order valence-electron chi connectivity index (χ3n) is 4.14. The zero-order valence-electron chi connectivity index (χ0n) is 13.2. The normalized spacial score (nSPS) is 13.4. The van der Waals surface area contributed by atoms with Crippen molar-refractivity contribution in [2.24, 2.45) is 0 Å². The van der Waals surface area contributed by atoms with Crippen molar-refractivity contribution in [3.8, 4) is 0 Å². The van der Waals surface area contributed by atoms with Crippen molar-refractivity contribution < 1.29 is 0 Å². The lowest BCUT2D eigenvalue weighted by Gasteiger charge is -2.31. The van der Waals surface area contributed by atoms with E-state index in [1.54, 1.807) is 6.20 Å². The summed E-state index contributed by atoms with van der Waals surface area (Å²) in [5.41, 5.74) is 9.37. The Kier molecular flexibility index (Phi) is 3.70. The number of hydrogen-bond acceptors (Lipinski definition) is 6. The van der Waals surface area contributed by atoms with E-state index in [0.29, 0.717) is 17.3 Å². The third kappa shape index (κ3) is 2.62. The van der Waals surface area contributed by atoms with Crippen molar-refractivity contribution in [1.82, 2.24) is 15.0 Å². The quantitative estimate of drug-likeness (QED) is 0.771. The maximum atomic E-state index is 6.36. The van der Waals surface area contributed by atoms with E-state index in [4.69, 9.17) is 5.73 Å². The van der Waals surface area contributed by atoms with Gasteiger partial charge in [0.1, 0.15) is 17.8 Å². The van der Waals surface area contributed by atoms with E-state index in [1.807, 2.05) is 24.3 Å². The van der Waals surface area contributed by atoms with Crippen molar-refractivity contribution in [2.45, 2.75) is 12.8 Å². The predicted molar refractivity (Wildman–Crippen MR) is 95.7 cm³/mol. The zero-order valence-corrected chi connectivity index (χ0v) is 13.2. The largest absolute Gasteiger partial charge is 0.393 e. The van der Waals surface area contributed by atoms with Gasteiger partial charge < -0.3 is 16.0 Å². The molecule has 1 aromatic carbocycles. The molecule has 0 amide bonds. The second-order valence-corrected chi connectivity index (χ2v) is 5.68. The Balaban J connectivity index is 1.71. The standard InChI is InChI=1S/C18H18N6/c19-16-17(23-15-9-3-4-10-20-15)21-12-22-18(16)24-11-5-7-13-6-1-2-8-14(13)24/h1-4,6,8-10,12H,5,7,11,19H2,(H,20,21,22,23). The minimum absolute atomic E-state index is 0.528. The van der Waals surface area contributed by atoms with Crippen molar-refractivity contribution in [3.63, 3.8) is 0 Å². The number of hydrogen-bond donors (Lipinski definition) is 2. The van der Waals surface area contributed by atoms with Gasteiger partial charge in [0.05, 0.1) is 0 Å². The number of pyridine rings is 1. The second kappa shape index (κ2) is 6.16. The summed E-state index contributed by atoms with van der Waals surface area (Å²) in [6.45, 7) is 0.890. The molecule has 0 unspecified atom stereocenters. The maximum Gasteiger partial charge on any atom is 0.161 e. The molecule has 0 bridgehead atoms. The molecule has 24 heavy (non-hydrogen) atoms. The summed E-state index contributed by atoms with van der Waals surface area (Å²) in [7, 11) is 0. The summed E-state index contributed by atoms with van der Waals surface area (Å²) in [6.07, 6.45) is 5.41. The van der Waals surface area contributed by atoms with Gasteiger partial charge in [-0.3, -0.25) is 0 Å². The highest BCUT2D eigenvalue weighted by atomic mass is 15.2. The van der Waals surface area contributed by atoms with Crippen LogP contribution in [-0.2, 0) is 6.42 Å². The molecule has 1 aliphatic heterocycles. The van der Waals surface area contributed by atoms with Gasteiger partial charge in [-0.2, -0.15) is 0 Å². The number of para-hydroxylation sites is 1. The second-order valence-electron chi connectivity index (χ2n) is 5.68. The molecule has 0 atom stereocenters. The van der Waals surface area contributed by atoms with Gasteiger partial charge in [0.2, 0.25) is 0 Å². The molecule has 3 N–H and O–H groups in total. The van der Waals surface area contributed by atoms with Gasteiger partial charge in [-0.05, 0) is 36.6 Å². The van der Waals surface area contributed by atoms with Crippen molar-refractivity contribution in [1.29, 1.82) is 0 Å². The Morgan fingerprint density at radius 3 is 2.75 bits per heavy atom. The average Bonchev–Trinajstić information content (AvgIpc) is 2.64. The summed E-state index contributed by atoms with van der Waals surface area (Å²) in [6, 6.07) is 14.0. The van der Waals surface area contributed by atoms with Crippen molar-refractivity contribution in [2.75, 3.05) is 22.5 Å². The fourth-order valence-corrected chi connectivity index (χ4v) is 3.01. The van der Waals surface area contributed by atoms with Crippen LogP contribution in [0.5, 0.6) is 0 Å². The molecule has 6 heteroatoms. The summed E-state index contributed by atoms with van der Waals surface area (Å²) in [4.78, 5) is 15.1. The topological polar surface area (TPSA) is 80.0 Å². The lowest BCUT2D eigenvalue weighted by Crippen LogP contribution is -2.26. The van der Waals surface area contributed by atoms with Crippen LogP contribution in [0, 0.1) is 0 Å². The molecule has 6 nitrogen and oxygen atoms in total. The lowest BCUT2D eigenvalue weighted by atomic mass is 10.0. The number of nitrogen functional groups attached to an aromatic ring is 1. The van der Waals surface area contributed by atoms with Crippen molar-refractivity contribution >= 4 is 28.8 Å². The Morgan fingerprint density at radius 2 is 1.88 bits per heavy atom. The van der Waals surface area contributed by atoms with Gasteiger partial charge in [0.25, 0.3) is 0 Å². The molecular weight excluding hydrogens is 300 g/mol. The predicted octanol–water partition coefficient (Wildman–Crippen LogP) is 3.28. The summed E-state index contributed by atoms with van der Waals surface area (Å²) in [5, 5.41) is 3.16. The molecule has 0 saturated carbocycles. The summed E-state index contributed by atoms with van der Waals surface area (Å²) < 4.78 is 0. The van der Waals surface area contributed by atoms with Crippen LogP contribution >= 0.6 is 0 Å². The molecule has 0 spiro atoms. The molecular formula is C18H18N6. The first kappa shape index (κ1) is 14.4. The molecule has 0 fully saturated rings. The molecule has 1 aliphatic rings. The SMILES string of the molecule is Nc1c(Nc2ccccn2)ncnc1N1CCCc2ccccc21. The van der Waals surface area contributed by atoms with Crippen molar-refractivity contribution in [3.05, 3.63) is 60.6 Å². The number of nitrogens with two attached hydrogens (primary N) is 1. The van der Waals surface area contributed by atoms with Crippen LogP contribution in [0.25, 0.3) is 0 Å². The van der Waals surface area contributed by atoms with Gasteiger partial charge in [-0.15, -0.1) is 0 Å². The van der Waals surface area contributed by atoms with E-state index in [-0.39, 0.29) is 0 Å². The van der Waals surface area contributed by atoms with Gasteiger partial charge >= 0.3 is 0 Å². The van der Waals surface area contributed by atoms with E-state index >= 15 is 0 Å². The molecule has 3 aromatic rings. The number of rotatable bonds is 3. The van der Waals surface area contributed by atoms with Gasteiger partial charge in [0, 0.05) is 18.4 Å². The summed E-state index contributed by atoms with van der Waals surface area (Å²) >= 11 is 0. The highest BCUT2D eigenvalue weighted by Gasteiger charge is 2.22. The molecule has 4 rings (SSSR count).